The van der Waals surface area contributed by atoms with E-state index in [-0.39, 0.29) is 18.5 Å². The molecule has 2 aliphatic heterocycles. The van der Waals surface area contributed by atoms with Gasteiger partial charge in [-0.05, 0) is 27.2 Å². The van der Waals surface area contributed by atoms with E-state index in [1.165, 1.54) is 4.90 Å². The molecule has 0 N–H and O–H groups in total. The lowest BCUT2D eigenvalue weighted by Gasteiger charge is -2.27. The smallest absolute Gasteiger partial charge is 0.410 e. The second kappa shape index (κ2) is 5.41. The van der Waals surface area contributed by atoms with Gasteiger partial charge >= 0.3 is 12.1 Å². The first-order valence-electron chi connectivity index (χ1n) is 6.63. The molecule has 2 fully saturated rings. The average Bonchev–Trinajstić information content (AvgIpc) is 2.83. The molecule has 2 aliphatic rings. The number of esters is 1. The van der Waals surface area contributed by atoms with E-state index in [9.17, 15) is 9.59 Å². The molecule has 2 rings (SSSR count). The molecule has 20 heavy (non-hydrogen) atoms. The third-order valence-corrected chi connectivity index (χ3v) is 3.64. The SMILES string of the molecule is CC(C)(C)OC(=O)N1C[C@@H]2CCO[C@]2(C(=O)OCCl)C1. The quantitative estimate of drug-likeness (QED) is 0.574. The zero-order chi connectivity index (χ0) is 15.0. The molecule has 0 bridgehead atoms. The topological polar surface area (TPSA) is 65.1 Å². The van der Waals surface area contributed by atoms with Gasteiger partial charge in [-0.1, -0.05) is 11.6 Å². The molecule has 0 unspecified atom stereocenters. The maximum absolute atomic E-state index is 12.1. The number of ether oxygens (including phenoxy) is 3. The molecule has 114 valence electrons. The van der Waals surface area contributed by atoms with Crippen molar-refractivity contribution in [2.45, 2.75) is 38.4 Å². The Bertz CT molecular complexity index is 408. The van der Waals surface area contributed by atoms with Crippen LogP contribution in [0.3, 0.4) is 0 Å². The van der Waals surface area contributed by atoms with Crippen LogP contribution in [0, 0.1) is 5.92 Å². The fraction of sp³-hybridized carbons (Fsp3) is 0.846. The highest BCUT2D eigenvalue weighted by molar-refractivity contribution is 6.17. The van der Waals surface area contributed by atoms with Crippen LogP contribution in [0.1, 0.15) is 27.2 Å². The minimum Gasteiger partial charge on any atom is -0.447 e. The van der Waals surface area contributed by atoms with Gasteiger partial charge < -0.3 is 19.1 Å². The molecule has 0 aromatic carbocycles. The summed E-state index contributed by atoms with van der Waals surface area (Å²) in [5.74, 6) is -0.563. The van der Waals surface area contributed by atoms with Crippen LogP contribution < -0.4 is 0 Å². The molecule has 2 saturated heterocycles. The fourth-order valence-corrected chi connectivity index (χ4v) is 2.79. The molecular weight excluding hydrogens is 286 g/mol. The summed E-state index contributed by atoms with van der Waals surface area (Å²) in [4.78, 5) is 25.7. The summed E-state index contributed by atoms with van der Waals surface area (Å²) >= 11 is 5.44. The van der Waals surface area contributed by atoms with E-state index >= 15 is 0 Å². The van der Waals surface area contributed by atoms with E-state index in [0.29, 0.717) is 13.2 Å². The summed E-state index contributed by atoms with van der Waals surface area (Å²) in [5.41, 5.74) is -1.65. The van der Waals surface area contributed by atoms with E-state index in [2.05, 4.69) is 0 Å². The molecule has 6 nitrogen and oxygen atoms in total. The van der Waals surface area contributed by atoms with Crippen molar-refractivity contribution in [1.82, 2.24) is 4.90 Å². The van der Waals surface area contributed by atoms with Gasteiger partial charge in [-0.15, -0.1) is 0 Å². The molecule has 7 heteroatoms. The number of nitrogens with zero attached hydrogens (tertiary/aromatic N) is 1. The highest BCUT2D eigenvalue weighted by Crippen LogP contribution is 2.40. The Kier molecular flexibility index (Phi) is 4.16. The number of carbonyl (C=O) groups excluding carboxylic acids is 2. The van der Waals surface area contributed by atoms with Crippen LogP contribution in [0.15, 0.2) is 0 Å². The zero-order valence-electron chi connectivity index (χ0n) is 12.0. The van der Waals surface area contributed by atoms with Gasteiger partial charge in [0.2, 0.25) is 0 Å². The number of likely N-dealkylation sites (tertiary alicyclic amines) is 1. The lowest BCUT2D eigenvalue weighted by Crippen LogP contribution is -2.47. The van der Waals surface area contributed by atoms with Gasteiger partial charge in [0.05, 0.1) is 6.54 Å². The number of fused-ring (bicyclic) bond motifs is 1. The van der Waals surface area contributed by atoms with Crippen molar-refractivity contribution in [2.24, 2.45) is 5.92 Å². The highest BCUT2D eigenvalue weighted by atomic mass is 35.5. The van der Waals surface area contributed by atoms with Crippen molar-refractivity contribution in [1.29, 1.82) is 0 Å². The molecular formula is C13H20ClNO5. The van der Waals surface area contributed by atoms with Gasteiger partial charge in [0.25, 0.3) is 0 Å². The van der Waals surface area contributed by atoms with Crippen LogP contribution in [-0.4, -0.2) is 53.9 Å². The number of rotatable bonds is 2. The fourth-order valence-electron chi connectivity index (χ4n) is 2.69. The Labute approximate surface area is 123 Å². The Morgan fingerprint density at radius 2 is 2.15 bits per heavy atom. The third-order valence-electron chi connectivity index (χ3n) is 3.53. The Morgan fingerprint density at radius 1 is 1.45 bits per heavy atom. The average molecular weight is 306 g/mol. The summed E-state index contributed by atoms with van der Waals surface area (Å²) in [6.07, 6.45) is 0.282. The molecule has 0 aromatic heterocycles. The van der Waals surface area contributed by atoms with Crippen LogP contribution in [-0.2, 0) is 19.0 Å². The summed E-state index contributed by atoms with van der Waals surface area (Å²) in [5, 5.41) is 0. The minimum atomic E-state index is -1.08. The van der Waals surface area contributed by atoms with Gasteiger partial charge in [0, 0.05) is 19.1 Å². The second-order valence-corrected chi connectivity index (χ2v) is 6.34. The lowest BCUT2D eigenvalue weighted by atomic mass is 9.91. The summed E-state index contributed by atoms with van der Waals surface area (Å²) < 4.78 is 15.8. The number of alkyl halides is 1. The van der Waals surface area contributed by atoms with Crippen LogP contribution in [0.2, 0.25) is 0 Å². The summed E-state index contributed by atoms with van der Waals surface area (Å²) in [6, 6.07) is -0.219. The van der Waals surface area contributed by atoms with E-state index in [0.717, 1.165) is 6.42 Å². The van der Waals surface area contributed by atoms with E-state index in [1.807, 2.05) is 0 Å². The zero-order valence-corrected chi connectivity index (χ0v) is 12.7. The van der Waals surface area contributed by atoms with Crippen LogP contribution in [0.4, 0.5) is 4.79 Å². The maximum atomic E-state index is 12.1. The Morgan fingerprint density at radius 3 is 2.75 bits per heavy atom. The predicted octanol–water partition coefficient (Wildman–Crippen LogP) is 1.75. The minimum absolute atomic E-state index is 0.0641. The van der Waals surface area contributed by atoms with Gasteiger partial charge in [0.1, 0.15) is 5.60 Å². The van der Waals surface area contributed by atoms with E-state index in [4.69, 9.17) is 25.8 Å². The molecule has 2 heterocycles. The third kappa shape index (κ3) is 2.86. The van der Waals surface area contributed by atoms with E-state index in [1.54, 1.807) is 20.8 Å². The van der Waals surface area contributed by atoms with Gasteiger partial charge in [-0.3, -0.25) is 0 Å². The maximum Gasteiger partial charge on any atom is 0.410 e. The van der Waals surface area contributed by atoms with Crippen molar-refractivity contribution in [3.05, 3.63) is 0 Å². The number of hydrogen-bond acceptors (Lipinski definition) is 5. The first-order valence-corrected chi connectivity index (χ1v) is 7.17. The van der Waals surface area contributed by atoms with Crippen LogP contribution >= 0.6 is 11.6 Å². The molecule has 0 saturated carbocycles. The molecule has 1 amide bonds. The summed E-state index contributed by atoms with van der Waals surface area (Å²) in [6.45, 7) is 6.49. The Hall–Kier alpha value is -1.01. The number of halogens is 1. The number of amides is 1. The van der Waals surface area contributed by atoms with Crippen LogP contribution in [0.5, 0.6) is 0 Å². The normalized spacial score (nSPS) is 29.2. The second-order valence-electron chi connectivity index (χ2n) is 6.13. The molecule has 0 aromatic rings. The van der Waals surface area contributed by atoms with Crippen molar-refractivity contribution in [2.75, 3.05) is 25.8 Å². The molecule has 0 radical (unpaired) electrons. The molecule has 0 aliphatic carbocycles. The molecule has 0 spiro atoms. The first-order chi connectivity index (χ1) is 9.28. The predicted molar refractivity (Wildman–Crippen MR) is 71.4 cm³/mol. The van der Waals surface area contributed by atoms with Gasteiger partial charge in [-0.2, -0.15) is 0 Å². The van der Waals surface area contributed by atoms with Crippen molar-refractivity contribution in [3.8, 4) is 0 Å². The van der Waals surface area contributed by atoms with Crippen molar-refractivity contribution < 1.29 is 23.8 Å². The molecule has 2 atom stereocenters. The van der Waals surface area contributed by atoms with Crippen LogP contribution in [0.25, 0.3) is 0 Å². The Balaban J connectivity index is 2.08. The van der Waals surface area contributed by atoms with Crippen molar-refractivity contribution in [3.63, 3.8) is 0 Å². The van der Waals surface area contributed by atoms with E-state index < -0.39 is 23.3 Å². The first kappa shape index (κ1) is 15.4. The lowest BCUT2D eigenvalue weighted by molar-refractivity contribution is -0.165. The monoisotopic (exact) mass is 305 g/mol. The van der Waals surface area contributed by atoms with Gasteiger partial charge in [0.15, 0.2) is 11.7 Å². The summed E-state index contributed by atoms with van der Waals surface area (Å²) in [7, 11) is 0. The number of carbonyl (C=O) groups is 2. The van der Waals surface area contributed by atoms with Gasteiger partial charge in [-0.25, -0.2) is 9.59 Å². The van der Waals surface area contributed by atoms with Crippen molar-refractivity contribution >= 4 is 23.7 Å². The highest BCUT2D eigenvalue weighted by Gasteiger charge is 2.59. The standard InChI is InChI=1S/C13H20ClNO5/c1-12(2,3)20-11(17)15-6-9-4-5-19-13(9,7-15)10(16)18-8-14/h9H,4-8H2,1-3H3/t9-,13+/m0/s1. The number of hydrogen-bond donors (Lipinski definition) is 0. The largest absolute Gasteiger partial charge is 0.447 e.